The highest BCUT2D eigenvalue weighted by molar-refractivity contribution is 5.95. The molecule has 1 unspecified atom stereocenters. The van der Waals surface area contributed by atoms with Gasteiger partial charge in [0.25, 0.3) is 0 Å². The molecule has 1 atom stereocenters. The maximum absolute atomic E-state index is 12.0. The molecule has 1 aromatic heterocycles. The molecule has 0 bridgehead atoms. The van der Waals surface area contributed by atoms with Crippen molar-refractivity contribution in [2.45, 2.75) is 13.3 Å². The summed E-state index contributed by atoms with van der Waals surface area (Å²) in [5, 5.41) is 7.30. The van der Waals surface area contributed by atoms with E-state index in [-0.39, 0.29) is 11.8 Å². The molecule has 4 nitrogen and oxygen atoms in total. The molecule has 0 aliphatic carbocycles. The van der Waals surface area contributed by atoms with Crippen LogP contribution in [0.3, 0.4) is 0 Å². The van der Waals surface area contributed by atoms with Crippen LogP contribution in [0.2, 0.25) is 0 Å². The number of aromatic nitrogens is 2. The van der Waals surface area contributed by atoms with Gasteiger partial charge in [-0.05, 0) is 12.5 Å². The fraction of sp³-hybridized carbons (Fsp3) is 0.250. The Balaban J connectivity index is 1.90. The molecule has 1 aliphatic heterocycles. The maximum atomic E-state index is 12.0. The summed E-state index contributed by atoms with van der Waals surface area (Å²) < 4.78 is 0. The lowest BCUT2D eigenvalue weighted by Gasteiger charge is -2.11. The van der Waals surface area contributed by atoms with Gasteiger partial charge in [-0.3, -0.25) is 14.8 Å². The van der Waals surface area contributed by atoms with E-state index in [4.69, 9.17) is 0 Å². The summed E-state index contributed by atoms with van der Waals surface area (Å²) in [6.07, 6.45) is 2.36. The predicted octanol–water partition coefficient (Wildman–Crippen LogP) is 2.92. The third kappa shape index (κ3) is 2.13. The number of rotatable bonds is 3. The van der Waals surface area contributed by atoms with Crippen molar-refractivity contribution in [1.82, 2.24) is 10.2 Å². The molecule has 1 fully saturated rings. The Labute approximate surface area is 118 Å². The number of carbonyl (C=O) groups is 1. The van der Waals surface area contributed by atoms with Gasteiger partial charge in [0.2, 0.25) is 5.91 Å². The van der Waals surface area contributed by atoms with E-state index < -0.39 is 0 Å². The SMILES string of the molecule is C=CC1CC(=O)N(c2cc(-c3ccccc3C)[nH]n2)C1. The van der Waals surface area contributed by atoms with Crippen LogP contribution < -0.4 is 4.90 Å². The van der Waals surface area contributed by atoms with Gasteiger partial charge in [0.05, 0.1) is 5.69 Å². The number of H-pyrrole nitrogens is 1. The summed E-state index contributed by atoms with van der Waals surface area (Å²) in [6, 6.07) is 10.0. The molecule has 0 saturated carbocycles. The number of carbonyl (C=O) groups excluding carboxylic acids is 1. The molecule has 1 aliphatic rings. The van der Waals surface area contributed by atoms with E-state index >= 15 is 0 Å². The van der Waals surface area contributed by atoms with E-state index in [2.05, 4.69) is 29.8 Å². The summed E-state index contributed by atoms with van der Waals surface area (Å²) in [4.78, 5) is 13.7. The van der Waals surface area contributed by atoms with Crippen molar-refractivity contribution >= 4 is 11.7 Å². The summed E-state index contributed by atoms with van der Waals surface area (Å²) in [5.41, 5.74) is 3.23. The number of anilines is 1. The second-order valence-electron chi connectivity index (χ2n) is 5.16. The fourth-order valence-corrected chi connectivity index (χ4v) is 2.58. The smallest absolute Gasteiger partial charge is 0.228 e. The molecule has 2 heterocycles. The average Bonchev–Trinajstić information content (AvgIpc) is 3.05. The molecule has 2 aromatic rings. The highest BCUT2D eigenvalue weighted by Crippen LogP contribution is 2.28. The first kappa shape index (κ1) is 12.7. The second kappa shape index (κ2) is 4.96. The third-order valence-electron chi connectivity index (χ3n) is 3.76. The number of aromatic amines is 1. The van der Waals surface area contributed by atoms with E-state index in [1.807, 2.05) is 30.3 Å². The van der Waals surface area contributed by atoms with Crippen LogP contribution in [0.15, 0.2) is 43.0 Å². The summed E-state index contributed by atoms with van der Waals surface area (Å²) in [6.45, 7) is 6.49. The Morgan fingerprint density at radius 2 is 2.25 bits per heavy atom. The lowest BCUT2D eigenvalue weighted by Crippen LogP contribution is -2.24. The number of nitrogens with zero attached hydrogens (tertiary/aromatic N) is 2. The van der Waals surface area contributed by atoms with E-state index in [0.717, 1.165) is 11.3 Å². The zero-order chi connectivity index (χ0) is 14.1. The van der Waals surface area contributed by atoms with E-state index in [1.165, 1.54) is 5.56 Å². The van der Waals surface area contributed by atoms with Crippen LogP contribution in [0, 0.1) is 12.8 Å². The minimum absolute atomic E-state index is 0.109. The van der Waals surface area contributed by atoms with Crippen molar-refractivity contribution in [3.05, 3.63) is 48.6 Å². The predicted molar refractivity (Wildman–Crippen MR) is 79.4 cm³/mol. The Morgan fingerprint density at radius 1 is 1.45 bits per heavy atom. The molecule has 1 N–H and O–H groups in total. The lowest BCUT2D eigenvalue weighted by atomic mass is 10.1. The topological polar surface area (TPSA) is 49.0 Å². The van der Waals surface area contributed by atoms with Crippen LogP contribution >= 0.6 is 0 Å². The number of nitrogens with one attached hydrogen (secondary N) is 1. The highest BCUT2D eigenvalue weighted by atomic mass is 16.2. The number of amides is 1. The van der Waals surface area contributed by atoms with E-state index in [9.17, 15) is 4.79 Å². The van der Waals surface area contributed by atoms with Crippen molar-refractivity contribution in [2.75, 3.05) is 11.4 Å². The number of hydrogen-bond acceptors (Lipinski definition) is 2. The van der Waals surface area contributed by atoms with Gasteiger partial charge in [-0.15, -0.1) is 6.58 Å². The number of benzene rings is 1. The van der Waals surface area contributed by atoms with Crippen LogP contribution in [-0.2, 0) is 4.79 Å². The van der Waals surface area contributed by atoms with Gasteiger partial charge >= 0.3 is 0 Å². The van der Waals surface area contributed by atoms with Gasteiger partial charge in [0.15, 0.2) is 5.82 Å². The van der Waals surface area contributed by atoms with Gasteiger partial charge in [0, 0.05) is 30.5 Å². The van der Waals surface area contributed by atoms with Crippen LogP contribution in [0.1, 0.15) is 12.0 Å². The van der Waals surface area contributed by atoms with Crippen molar-refractivity contribution in [3.8, 4) is 11.3 Å². The first-order valence-corrected chi connectivity index (χ1v) is 6.73. The van der Waals surface area contributed by atoms with Crippen LogP contribution in [-0.4, -0.2) is 22.6 Å². The van der Waals surface area contributed by atoms with Gasteiger partial charge in [-0.25, -0.2) is 0 Å². The monoisotopic (exact) mass is 267 g/mol. The van der Waals surface area contributed by atoms with E-state index in [1.54, 1.807) is 4.90 Å². The molecule has 0 radical (unpaired) electrons. The molecule has 4 heteroatoms. The quantitative estimate of drug-likeness (QED) is 0.869. The number of aryl methyl sites for hydroxylation is 1. The van der Waals surface area contributed by atoms with Crippen molar-refractivity contribution in [2.24, 2.45) is 5.92 Å². The zero-order valence-electron chi connectivity index (χ0n) is 11.5. The summed E-state index contributed by atoms with van der Waals surface area (Å²) in [5.74, 6) is 1.02. The summed E-state index contributed by atoms with van der Waals surface area (Å²) in [7, 11) is 0. The lowest BCUT2D eigenvalue weighted by molar-refractivity contribution is -0.117. The molecule has 3 rings (SSSR count). The molecule has 0 spiro atoms. The molecule has 1 aromatic carbocycles. The van der Waals surface area contributed by atoms with Crippen molar-refractivity contribution < 1.29 is 4.79 Å². The zero-order valence-corrected chi connectivity index (χ0v) is 11.5. The molecular formula is C16H17N3O. The largest absolute Gasteiger partial charge is 0.295 e. The van der Waals surface area contributed by atoms with Crippen LogP contribution in [0.25, 0.3) is 11.3 Å². The van der Waals surface area contributed by atoms with Gasteiger partial charge < -0.3 is 0 Å². The van der Waals surface area contributed by atoms with Crippen molar-refractivity contribution in [3.63, 3.8) is 0 Å². The van der Waals surface area contributed by atoms with E-state index in [0.29, 0.717) is 18.8 Å². The van der Waals surface area contributed by atoms with Crippen molar-refractivity contribution in [1.29, 1.82) is 0 Å². The Kier molecular flexibility index (Phi) is 3.14. The summed E-state index contributed by atoms with van der Waals surface area (Å²) >= 11 is 0. The third-order valence-corrected chi connectivity index (χ3v) is 3.76. The standard InChI is InChI=1S/C16H17N3O/c1-3-12-8-16(20)19(10-12)15-9-14(17-18-15)13-7-5-4-6-11(13)2/h3-7,9,12H,1,8,10H2,2H3,(H,17,18). The maximum Gasteiger partial charge on any atom is 0.228 e. The van der Waals surface area contributed by atoms with Gasteiger partial charge in [-0.1, -0.05) is 30.3 Å². The molecule has 1 saturated heterocycles. The Morgan fingerprint density at radius 3 is 2.95 bits per heavy atom. The second-order valence-corrected chi connectivity index (χ2v) is 5.16. The first-order chi connectivity index (χ1) is 9.69. The van der Waals surface area contributed by atoms with Crippen LogP contribution in [0.5, 0.6) is 0 Å². The minimum Gasteiger partial charge on any atom is -0.295 e. The molecule has 102 valence electrons. The Hall–Kier alpha value is -2.36. The average molecular weight is 267 g/mol. The minimum atomic E-state index is 0.109. The molecular weight excluding hydrogens is 250 g/mol. The number of hydrogen-bond donors (Lipinski definition) is 1. The molecule has 20 heavy (non-hydrogen) atoms. The normalized spacial score (nSPS) is 18.6. The van der Waals surface area contributed by atoms with Crippen LogP contribution in [0.4, 0.5) is 5.82 Å². The highest BCUT2D eigenvalue weighted by Gasteiger charge is 2.30. The van der Waals surface area contributed by atoms with Gasteiger partial charge in [0.1, 0.15) is 0 Å². The fourth-order valence-electron chi connectivity index (χ4n) is 2.58. The van der Waals surface area contributed by atoms with Gasteiger partial charge in [-0.2, -0.15) is 5.10 Å². The Bertz CT molecular complexity index is 659. The first-order valence-electron chi connectivity index (χ1n) is 6.73. The molecule has 1 amide bonds.